The molecule has 8 nitrogen and oxygen atoms in total. The lowest BCUT2D eigenvalue weighted by Gasteiger charge is -2.34. The highest BCUT2D eigenvalue weighted by Crippen LogP contribution is 2.28. The first kappa shape index (κ1) is 20.5. The van der Waals surface area contributed by atoms with Crippen LogP contribution in [0.4, 0.5) is 14.6 Å². The van der Waals surface area contributed by atoms with E-state index < -0.39 is 6.43 Å². The molecule has 0 aromatic carbocycles. The highest BCUT2D eigenvalue weighted by Gasteiger charge is 2.23. The van der Waals surface area contributed by atoms with Gasteiger partial charge in [-0.3, -0.25) is 0 Å². The fraction of sp³-hybridized carbons (Fsp3) is 0.474. The molecule has 3 aromatic heterocycles. The molecular formula is C19H21F2N7OS. The first-order valence-corrected chi connectivity index (χ1v) is 10.4. The maximum atomic E-state index is 13.1. The molecule has 2 unspecified atom stereocenters. The van der Waals surface area contributed by atoms with Crippen LogP contribution in [-0.4, -0.2) is 47.9 Å². The van der Waals surface area contributed by atoms with Crippen molar-refractivity contribution in [3.63, 3.8) is 0 Å². The van der Waals surface area contributed by atoms with Gasteiger partial charge in [-0.1, -0.05) is 0 Å². The lowest BCUT2D eigenvalue weighted by Crippen LogP contribution is -2.36. The smallest absolute Gasteiger partial charge is 0.282 e. The Balaban J connectivity index is 1.59. The van der Waals surface area contributed by atoms with Crippen LogP contribution in [-0.2, 0) is 11.5 Å². The number of imidazole rings is 1. The van der Waals surface area contributed by atoms with Gasteiger partial charge in [-0.2, -0.15) is 13.7 Å². The highest BCUT2D eigenvalue weighted by molar-refractivity contribution is 7.54. The molecule has 1 aliphatic heterocycles. The van der Waals surface area contributed by atoms with E-state index in [-0.39, 0.29) is 23.2 Å². The number of aromatic nitrogens is 5. The van der Waals surface area contributed by atoms with Gasteiger partial charge in [0, 0.05) is 19.2 Å². The Hall–Kier alpha value is -2.82. The fourth-order valence-electron chi connectivity index (χ4n) is 3.90. The lowest BCUT2D eigenvalue weighted by molar-refractivity contribution is 0.144. The summed E-state index contributed by atoms with van der Waals surface area (Å²) in [6, 6.07) is 4.65. The van der Waals surface area contributed by atoms with Crippen LogP contribution in [0.1, 0.15) is 38.3 Å². The zero-order chi connectivity index (χ0) is 21.1. The summed E-state index contributed by atoms with van der Waals surface area (Å²) >= 11 is 0.279. The fourth-order valence-corrected chi connectivity index (χ4v) is 4.14. The van der Waals surface area contributed by atoms with Crippen LogP contribution >= 0.6 is 0 Å². The van der Waals surface area contributed by atoms with E-state index in [0.29, 0.717) is 23.0 Å². The number of fused-ring (bicyclic) bond motifs is 1. The van der Waals surface area contributed by atoms with Gasteiger partial charge >= 0.3 is 0 Å². The standard InChI is InChI=1S/C19H21F2N7OS/c1-12(26-30-29)7-13-3-2-6-27(10-13)18-8-15(23-11-24-18)16-9-22-17-5-4-14(19(20)21)25-28(16)17/h4-5,8-9,11-13,19H,2-3,6-7,10H2,1H3. The van der Waals surface area contributed by atoms with Gasteiger partial charge < -0.3 is 4.90 Å². The summed E-state index contributed by atoms with van der Waals surface area (Å²) in [7, 11) is 0. The van der Waals surface area contributed by atoms with Crippen molar-refractivity contribution in [3.05, 3.63) is 36.4 Å². The average Bonchev–Trinajstić information content (AvgIpc) is 3.17. The number of anilines is 1. The number of hydrogen-bond acceptors (Lipinski definition) is 7. The second-order valence-electron chi connectivity index (χ2n) is 7.45. The number of alkyl halides is 2. The molecule has 1 saturated heterocycles. The Morgan fingerprint density at radius 1 is 1.30 bits per heavy atom. The maximum absolute atomic E-state index is 13.1. The van der Waals surface area contributed by atoms with Crippen LogP contribution in [0.15, 0.2) is 35.1 Å². The third-order valence-electron chi connectivity index (χ3n) is 5.26. The third kappa shape index (κ3) is 4.35. The van der Waals surface area contributed by atoms with Gasteiger partial charge in [-0.05, 0) is 44.2 Å². The minimum absolute atomic E-state index is 0.0201. The second-order valence-corrected chi connectivity index (χ2v) is 7.81. The normalized spacial score (nSPS) is 18.0. The summed E-state index contributed by atoms with van der Waals surface area (Å²) < 4.78 is 42.1. The topological polar surface area (TPSA) is 88.6 Å². The number of rotatable bonds is 6. The van der Waals surface area contributed by atoms with Crippen LogP contribution in [0, 0.1) is 5.92 Å². The van der Waals surface area contributed by atoms with Gasteiger partial charge in [0.05, 0.1) is 17.9 Å². The van der Waals surface area contributed by atoms with E-state index in [1.54, 1.807) is 6.20 Å². The molecule has 30 heavy (non-hydrogen) atoms. The molecule has 4 rings (SSSR count). The monoisotopic (exact) mass is 433 g/mol. The summed E-state index contributed by atoms with van der Waals surface area (Å²) in [6.45, 7) is 3.65. The van der Waals surface area contributed by atoms with Gasteiger partial charge in [-0.15, -0.1) is 0 Å². The minimum atomic E-state index is -2.66. The average molecular weight is 433 g/mol. The molecule has 2 atom stereocenters. The Morgan fingerprint density at radius 2 is 2.17 bits per heavy atom. The van der Waals surface area contributed by atoms with Crippen molar-refractivity contribution in [2.24, 2.45) is 10.3 Å². The van der Waals surface area contributed by atoms with Crippen molar-refractivity contribution in [2.45, 2.75) is 38.7 Å². The van der Waals surface area contributed by atoms with Crippen molar-refractivity contribution in [1.29, 1.82) is 0 Å². The Bertz CT molecular complexity index is 1090. The predicted molar refractivity (Wildman–Crippen MR) is 109 cm³/mol. The molecule has 0 amide bonds. The second kappa shape index (κ2) is 8.90. The van der Waals surface area contributed by atoms with E-state index in [1.165, 1.54) is 23.0 Å². The molecule has 158 valence electrons. The van der Waals surface area contributed by atoms with Crippen molar-refractivity contribution in [1.82, 2.24) is 24.6 Å². The number of nitrogens with zero attached hydrogens (tertiary/aromatic N) is 7. The zero-order valence-corrected chi connectivity index (χ0v) is 17.2. The summed E-state index contributed by atoms with van der Waals surface area (Å²) in [5.74, 6) is 1.20. The lowest BCUT2D eigenvalue weighted by atomic mass is 9.92. The molecule has 0 radical (unpaired) electrons. The first-order chi connectivity index (χ1) is 14.5. The first-order valence-electron chi connectivity index (χ1n) is 9.74. The zero-order valence-electron chi connectivity index (χ0n) is 16.4. The van der Waals surface area contributed by atoms with Gasteiger partial charge in [0.15, 0.2) is 17.1 Å². The van der Waals surface area contributed by atoms with Crippen molar-refractivity contribution in [3.8, 4) is 11.4 Å². The van der Waals surface area contributed by atoms with E-state index >= 15 is 0 Å². The van der Waals surface area contributed by atoms with E-state index in [0.717, 1.165) is 38.2 Å². The van der Waals surface area contributed by atoms with Crippen LogP contribution in [0.5, 0.6) is 0 Å². The van der Waals surface area contributed by atoms with Gasteiger partial charge in [0.2, 0.25) is 0 Å². The molecule has 0 bridgehead atoms. The van der Waals surface area contributed by atoms with Gasteiger partial charge in [0.1, 0.15) is 23.5 Å². The molecule has 0 spiro atoms. The molecule has 0 saturated carbocycles. The molecule has 4 heterocycles. The Morgan fingerprint density at radius 3 is 2.97 bits per heavy atom. The molecule has 11 heteroatoms. The van der Waals surface area contributed by atoms with Crippen LogP contribution in [0.25, 0.3) is 17.0 Å². The van der Waals surface area contributed by atoms with E-state index in [9.17, 15) is 13.0 Å². The van der Waals surface area contributed by atoms with Crippen LogP contribution in [0.2, 0.25) is 0 Å². The molecule has 0 aliphatic carbocycles. The van der Waals surface area contributed by atoms with E-state index in [1.807, 2.05) is 13.0 Å². The van der Waals surface area contributed by atoms with Crippen LogP contribution < -0.4 is 4.90 Å². The predicted octanol–water partition coefficient (Wildman–Crippen LogP) is 3.52. The van der Waals surface area contributed by atoms with Crippen molar-refractivity contribution < 1.29 is 13.0 Å². The molecule has 1 fully saturated rings. The van der Waals surface area contributed by atoms with E-state index in [2.05, 4.69) is 29.3 Å². The van der Waals surface area contributed by atoms with Crippen molar-refractivity contribution in [2.75, 3.05) is 18.0 Å². The Kier molecular flexibility index (Phi) is 6.07. The van der Waals surface area contributed by atoms with Crippen LogP contribution in [0.3, 0.4) is 0 Å². The largest absolute Gasteiger partial charge is 0.356 e. The summed E-state index contributed by atoms with van der Waals surface area (Å²) in [5.41, 5.74) is 1.26. The number of hydrogen-bond donors (Lipinski definition) is 0. The van der Waals surface area contributed by atoms with E-state index in [4.69, 9.17) is 0 Å². The quantitative estimate of drug-likeness (QED) is 0.591. The number of halogens is 2. The summed E-state index contributed by atoms with van der Waals surface area (Å²) in [6.07, 6.45) is 3.35. The molecule has 1 aliphatic rings. The molecule has 3 aromatic rings. The number of piperidine rings is 1. The van der Waals surface area contributed by atoms with Gasteiger partial charge in [-0.25, -0.2) is 28.2 Å². The minimum Gasteiger partial charge on any atom is -0.356 e. The third-order valence-corrected chi connectivity index (χ3v) is 5.71. The Labute approximate surface area is 175 Å². The van der Waals surface area contributed by atoms with Crippen molar-refractivity contribution >= 4 is 22.9 Å². The van der Waals surface area contributed by atoms with Gasteiger partial charge in [0.25, 0.3) is 6.43 Å². The molecule has 0 N–H and O–H groups in total. The maximum Gasteiger partial charge on any atom is 0.282 e. The summed E-state index contributed by atoms with van der Waals surface area (Å²) in [5, 5.41) is 4.01. The summed E-state index contributed by atoms with van der Waals surface area (Å²) in [4.78, 5) is 15.2. The molecular weight excluding hydrogens is 412 g/mol. The SMILES string of the molecule is CC(CC1CCCN(c2cc(-c3cnc4ccc(C(F)F)nn34)ncn2)C1)N=S=O. The highest BCUT2D eigenvalue weighted by atomic mass is 32.1.